The fourth-order valence-electron chi connectivity index (χ4n) is 1.09. The van der Waals surface area contributed by atoms with E-state index in [4.69, 9.17) is 5.26 Å². The fraction of sp³-hybridized carbons (Fsp3) is 0.857. The standard InChI is InChI=1S/C7H13N3/c1-6-4-10-7(2-3-8)5-9-6/h6-7,9-10H,2,4-5H2,1H3/t6-,7+/m1/s1. The van der Waals surface area contributed by atoms with Crippen molar-refractivity contribution < 1.29 is 0 Å². The van der Waals surface area contributed by atoms with E-state index in [9.17, 15) is 0 Å². The minimum atomic E-state index is 0.362. The molecule has 0 aromatic rings. The Labute approximate surface area is 61.4 Å². The van der Waals surface area contributed by atoms with Gasteiger partial charge in [-0.2, -0.15) is 5.26 Å². The number of hydrogen-bond donors (Lipinski definition) is 2. The topological polar surface area (TPSA) is 47.9 Å². The Morgan fingerprint density at radius 3 is 2.80 bits per heavy atom. The van der Waals surface area contributed by atoms with Gasteiger partial charge in [0.2, 0.25) is 0 Å². The molecule has 0 aliphatic carbocycles. The lowest BCUT2D eigenvalue weighted by atomic mass is 10.1. The summed E-state index contributed by atoms with van der Waals surface area (Å²) in [6.07, 6.45) is 0.611. The molecule has 1 heterocycles. The smallest absolute Gasteiger partial charge is 0.0638 e. The van der Waals surface area contributed by atoms with Crippen LogP contribution in [-0.2, 0) is 0 Å². The first-order valence-electron chi connectivity index (χ1n) is 3.66. The maximum atomic E-state index is 8.37. The monoisotopic (exact) mass is 139 g/mol. The molecular weight excluding hydrogens is 126 g/mol. The van der Waals surface area contributed by atoms with E-state index in [1.54, 1.807) is 0 Å². The third kappa shape index (κ3) is 1.98. The van der Waals surface area contributed by atoms with E-state index in [-0.39, 0.29) is 0 Å². The van der Waals surface area contributed by atoms with Crippen molar-refractivity contribution in [2.75, 3.05) is 13.1 Å². The van der Waals surface area contributed by atoms with Crippen molar-refractivity contribution in [2.45, 2.75) is 25.4 Å². The van der Waals surface area contributed by atoms with Crippen LogP contribution in [0.25, 0.3) is 0 Å². The third-order valence-corrected chi connectivity index (χ3v) is 1.76. The highest BCUT2D eigenvalue weighted by molar-refractivity contribution is 4.87. The van der Waals surface area contributed by atoms with E-state index in [0.29, 0.717) is 18.5 Å². The Balaban J connectivity index is 2.21. The number of nitriles is 1. The molecule has 0 amide bonds. The molecule has 3 heteroatoms. The van der Waals surface area contributed by atoms with E-state index in [2.05, 4.69) is 23.6 Å². The fourth-order valence-corrected chi connectivity index (χ4v) is 1.09. The van der Waals surface area contributed by atoms with Gasteiger partial charge in [-0.05, 0) is 6.92 Å². The Kier molecular flexibility index (Phi) is 2.67. The van der Waals surface area contributed by atoms with Gasteiger partial charge in [0, 0.05) is 25.2 Å². The summed E-state index contributed by atoms with van der Waals surface area (Å²) in [5.41, 5.74) is 0. The van der Waals surface area contributed by atoms with E-state index >= 15 is 0 Å². The van der Waals surface area contributed by atoms with E-state index < -0.39 is 0 Å². The van der Waals surface area contributed by atoms with Crippen molar-refractivity contribution in [1.82, 2.24) is 10.6 Å². The molecule has 0 aromatic heterocycles. The molecule has 0 spiro atoms. The van der Waals surface area contributed by atoms with E-state index in [1.165, 1.54) is 0 Å². The summed E-state index contributed by atoms with van der Waals surface area (Å²) in [5.74, 6) is 0. The Morgan fingerprint density at radius 1 is 1.50 bits per heavy atom. The molecule has 0 aromatic carbocycles. The van der Waals surface area contributed by atoms with E-state index in [0.717, 1.165) is 13.1 Å². The molecule has 0 radical (unpaired) electrons. The Morgan fingerprint density at radius 2 is 2.30 bits per heavy atom. The molecule has 3 nitrogen and oxygen atoms in total. The zero-order valence-electron chi connectivity index (χ0n) is 6.22. The van der Waals surface area contributed by atoms with Crippen molar-refractivity contribution >= 4 is 0 Å². The lowest BCUT2D eigenvalue weighted by Crippen LogP contribution is -2.52. The second-order valence-electron chi connectivity index (χ2n) is 2.78. The Hall–Kier alpha value is -0.590. The lowest BCUT2D eigenvalue weighted by molar-refractivity contribution is 0.363. The van der Waals surface area contributed by atoms with Crippen LogP contribution in [0.3, 0.4) is 0 Å². The minimum Gasteiger partial charge on any atom is -0.311 e. The normalized spacial score (nSPS) is 33.2. The predicted octanol–water partition coefficient (Wildman–Crippen LogP) is -0.150. The molecule has 2 N–H and O–H groups in total. The number of nitrogens with zero attached hydrogens (tertiary/aromatic N) is 1. The summed E-state index contributed by atoms with van der Waals surface area (Å²) in [6, 6.07) is 3.06. The minimum absolute atomic E-state index is 0.362. The van der Waals surface area contributed by atoms with Gasteiger partial charge in [-0.25, -0.2) is 0 Å². The molecule has 1 fully saturated rings. The first kappa shape index (κ1) is 7.52. The van der Waals surface area contributed by atoms with Gasteiger partial charge in [-0.15, -0.1) is 0 Å². The lowest BCUT2D eigenvalue weighted by Gasteiger charge is -2.27. The first-order chi connectivity index (χ1) is 4.83. The van der Waals surface area contributed by atoms with Crippen LogP contribution in [0.4, 0.5) is 0 Å². The van der Waals surface area contributed by atoms with Gasteiger partial charge in [-0.3, -0.25) is 0 Å². The number of hydrogen-bond acceptors (Lipinski definition) is 3. The van der Waals surface area contributed by atoms with Gasteiger partial charge >= 0.3 is 0 Å². The molecule has 0 saturated carbocycles. The summed E-state index contributed by atoms with van der Waals surface area (Å²) >= 11 is 0. The summed E-state index contributed by atoms with van der Waals surface area (Å²) < 4.78 is 0. The SMILES string of the molecule is C[C@@H]1CN[C@@H](CC#N)CN1. The van der Waals surface area contributed by atoms with Gasteiger partial charge < -0.3 is 10.6 Å². The molecule has 1 saturated heterocycles. The summed E-state index contributed by atoms with van der Waals surface area (Å²) in [7, 11) is 0. The summed E-state index contributed by atoms with van der Waals surface area (Å²) in [6.45, 7) is 4.04. The maximum Gasteiger partial charge on any atom is 0.0638 e. The quantitative estimate of drug-likeness (QED) is 0.531. The first-order valence-corrected chi connectivity index (χ1v) is 3.66. The molecule has 56 valence electrons. The van der Waals surface area contributed by atoms with Crippen molar-refractivity contribution in [2.24, 2.45) is 0 Å². The van der Waals surface area contributed by atoms with Crippen LogP contribution in [0.5, 0.6) is 0 Å². The summed E-state index contributed by atoms with van der Waals surface area (Å²) in [5, 5.41) is 15.0. The van der Waals surface area contributed by atoms with Crippen LogP contribution in [0, 0.1) is 11.3 Å². The summed E-state index contributed by atoms with van der Waals surface area (Å²) in [4.78, 5) is 0. The second kappa shape index (κ2) is 3.55. The average molecular weight is 139 g/mol. The van der Waals surface area contributed by atoms with Crippen LogP contribution in [-0.4, -0.2) is 25.2 Å². The van der Waals surface area contributed by atoms with Crippen LogP contribution in [0.2, 0.25) is 0 Å². The number of rotatable bonds is 1. The van der Waals surface area contributed by atoms with Crippen LogP contribution >= 0.6 is 0 Å². The van der Waals surface area contributed by atoms with Gasteiger partial charge in [0.1, 0.15) is 0 Å². The highest BCUT2D eigenvalue weighted by atomic mass is 15.1. The molecular formula is C7H13N3. The van der Waals surface area contributed by atoms with Gasteiger partial charge in [0.05, 0.1) is 12.5 Å². The highest BCUT2D eigenvalue weighted by Crippen LogP contribution is 1.95. The van der Waals surface area contributed by atoms with Crippen molar-refractivity contribution in [1.29, 1.82) is 5.26 Å². The van der Waals surface area contributed by atoms with Crippen molar-refractivity contribution in [3.05, 3.63) is 0 Å². The van der Waals surface area contributed by atoms with Crippen LogP contribution in [0.15, 0.2) is 0 Å². The molecule has 2 atom stereocenters. The predicted molar refractivity (Wildman–Crippen MR) is 39.5 cm³/mol. The molecule has 0 bridgehead atoms. The van der Waals surface area contributed by atoms with Crippen LogP contribution < -0.4 is 10.6 Å². The van der Waals surface area contributed by atoms with Crippen LogP contribution in [0.1, 0.15) is 13.3 Å². The van der Waals surface area contributed by atoms with E-state index in [1.807, 2.05) is 0 Å². The van der Waals surface area contributed by atoms with Gasteiger partial charge in [-0.1, -0.05) is 0 Å². The number of nitrogens with one attached hydrogen (secondary N) is 2. The largest absolute Gasteiger partial charge is 0.311 e. The van der Waals surface area contributed by atoms with Crippen molar-refractivity contribution in [3.63, 3.8) is 0 Å². The van der Waals surface area contributed by atoms with Gasteiger partial charge in [0.25, 0.3) is 0 Å². The van der Waals surface area contributed by atoms with Gasteiger partial charge in [0.15, 0.2) is 0 Å². The maximum absolute atomic E-state index is 8.37. The molecule has 1 rings (SSSR count). The average Bonchev–Trinajstić information content (AvgIpc) is 1.95. The second-order valence-corrected chi connectivity index (χ2v) is 2.78. The highest BCUT2D eigenvalue weighted by Gasteiger charge is 2.15. The Bertz CT molecular complexity index is 130. The molecule has 10 heavy (non-hydrogen) atoms. The number of piperazine rings is 1. The molecule has 0 unspecified atom stereocenters. The third-order valence-electron chi connectivity index (χ3n) is 1.76. The molecule has 1 aliphatic heterocycles. The molecule has 1 aliphatic rings. The van der Waals surface area contributed by atoms with Crippen molar-refractivity contribution in [3.8, 4) is 6.07 Å². The zero-order chi connectivity index (χ0) is 7.40. The zero-order valence-corrected chi connectivity index (χ0v) is 6.22.